The Balaban J connectivity index is 1.33. The Morgan fingerprint density at radius 3 is 2.35 bits per heavy atom. The van der Waals surface area contributed by atoms with Gasteiger partial charge in [-0.2, -0.15) is 0 Å². The van der Waals surface area contributed by atoms with Crippen molar-refractivity contribution in [3.8, 4) is 11.1 Å². The van der Waals surface area contributed by atoms with Crippen LogP contribution in [-0.2, 0) is 4.74 Å². The lowest BCUT2D eigenvalue weighted by molar-refractivity contribution is -0.383. The summed E-state index contributed by atoms with van der Waals surface area (Å²) in [6, 6.07) is 20.8. The molecule has 0 heterocycles. The highest BCUT2D eigenvalue weighted by Crippen LogP contribution is 2.44. The van der Waals surface area contributed by atoms with E-state index in [4.69, 9.17) is 10.5 Å². The Kier molecular flexibility index (Phi) is 5.66. The van der Waals surface area contributed by atoms with E-state index in [-0.39, 0.29) is 30.4 Å². The number of fused-ring (bicyclic) bond motifs is 3. The van der Waals surface area contributed by atoms with Crippen molar-refractivity contribution in [2.45, 2.75) is 5.92 Å². The molecule has 0 aromatic heterocycles. The molecule has 7 nitrogen and oxygen atoms in total. The van der Waals surface area contributed by atoms with Crippen molar-refractivity contribution in [2.24, 2.45) is 0 Å². The van der Waals surface area contributed by atoms with Crippen LogP contribution in [0.2, 0.25) is 0 Å². The third-order valence-corrected chi connectivity index (χ3v) is 5.27. The lowest BCUT2D eigenvalue weighted by Crippen LogP contribution is -2.26. The van der Waals surface area contributed by atoms with E-state index in [0.29, 0.717) is 5.56 Å². The second kappa shape index (κ2) is 8.71. The fourth-order valence-corrected chi connectivity index (χ4v) is 3.81. The molecular weight excluding hydrogens is 394 g/mol. The number of carbonyl (C=O) groups is 1. The van der Waals surface area contributed by atoms with Crippen molar-refractivity contribution in [3.63, 3.8) is 0 Å². The van der Waals surface area contributed by atoms with E-state index in [0.717, 1.165) is 11.1 Å². The van der Waals surface area contributed by atoms with Crippen molar-refractivity contribution in [1.29, 1.82) is 0 Å². The van der Waals surface area contributed by atoms with E-state index in [1.165, 1.54) is 23.3 Å². The minimum Gasteiger partial charge on any atom is -0.449 e. The Bertz CT molecular complexity index is 1130. The third kappa shape index (κ3) is 4.25. The van der Waals surface area contributed by atoms with Crippen LogP contribution in [0.25, 0.3) is 17.2 Å². The number of nitrogens with one attached hydrogen (secondary N) is 1. The molecule has 4 rings (SSSR count). The number of amides is 1. The Labute approximate surface area is 179 Å². The molecule has 7 heteroatoms. The Morgan fingerprint density at radius 2 is 1.71 bits per heavy atom. The molecule has 3 aromatic rings. The van der Waals surface area contributed by atoms with Crippen LogP contribution < -0.4 is 11.1 Å². The molecule has 0 saturated heterocycles. The number of nitrogen functional groups attached to an aromatic ring is 1. The van der Waals surface area contributed by atoms with Gasteiger partial charge in [-0.3, -0.25) is 10.1 Å². The number of ether oxygens (including phenoxy) is 1. The summed E-state index contributed by atoms with van der Waals surface area (Å²) < 4.78 is 5.47. The van der Waals surface area contributed by atoms with E-state index in [9.17, 15) is 14.9 Å². The molecule has 0 fully saturated rings. The van der Waals surface area contributed by atoms with Crippen molar-refractivity contribution in [2.75, 3.05) is 18.9 Å². The van der Waals surface area contributed by atoms with Gasteiger partial charge in [-0.05, 0) is 33.9 Å². The molecule has 31 heavy (non-hydrogen) atoms. The van der Waals surface area contributed by atoms with Crippen LogP contribution in [-0.4, -0.2) is 24.2 Å². The summed E-state index contributed by atoms with van der Waals surface area (Å²) in [6.07, 6.45) is 2.85. The van der Waals surface area contributed by atoms with E-state index in [1.807, 2.05) is 24.3 Å². The van der Waals surface area contributed by atoms with Gasteiger partial charge in [0, 0.05) is 18.5 Å². The van der Waals surface area contributed by atoms with Gasteiger partial charge in [0.05, 0.1) is 4.92 Å². The van der Waals surface area contributed by atoms with Crippen LogP contribution in [0.15, 0.2) is 72.8 Å². The number of alkyl carbamates (subject to hydrolysis) is 1. The Morgan fingerprint density at radius 1 is 1.06 bits per heavy atom. The topological polar surface area (TPSA) is 107 Å². The fraction of sp³-hybridized carbons (Fsp3) is 0.125. The van der Waals surface area contributed by atoms with Crippen molar-refractivity contribution in [1.82, 2.24) is 5.32 Å². The highest BCUT2D eigenvalue weighted by molar-refractivity contribution is 5.79. The minimum absolute atomic E-state index is 0.00372. The quantitative estimate of drug-likeness (QED) is 0.344. The molecule has 1 amide bonds. The first-order chi connectivity index (χ1) is 15.0. The highest BCUT2D eigenvalue weighted by atomic mass is 16.6. The lowest BCUT2D eigenvalue weighted by atomic mass is 9.98. The maximum Gasteiger partial charge on any atom is 0.407 e. The molecule has 0 radical (unpaired) electrons. The van der Waals surface area contributed by atoms with Crippen LogP contribution in [0, 0.1) is 10.1 Å². The first-order valence-corrected chi connectivity index (χ1v) is 9.84. The second-order valence-corrected chi connectivity index (χ2v) is 7.18. The number of nitro benzene ring substituents is 1. The zero-order chi connectivity index (χ0) is 21.8. The average Bonchev–Trinajstić information content (AvgIpc) is 3.10. The molecule has 1 aliphatic carbocycles. The summed E-state index contributed by atoms with van der Waals surface area (Å²) in [5.74, 6) is 0.00372. The molecule has 0 spiro atoms. The first kappa shape index (κ1) is 20.2. The number of nitrogens with zero attached hydrogens (tertiary/aromatic N) is 1. The van der Waals surface area contributed by atoms with E-state index < -0.39 is 11.0 Å². The standard InChI is InChI=1S/C24H21N3O4/c25-22-12-11-16(14-23(22)27(29)30)6-5-13-26-24(28)31-15-21-19-9-3-1-7-17(19)18-8-2-4-10-20(18)21/h1-12,14,21H,13,15,25H2,(H,26,28). The number of anilines is 1. The first-order valence-electron chi connectivity index (χ1n) is 9.84. The average molecular weight is 415 g/mol. The number of nitrogens with two attached hydrogens (primary N) is 1. The van der Waals surface area contributed by atoms with Gasteiger partial charge in [0.1, 0.15) is 12.3 Å². The van der Waals surface area contributed by atoms with Gasteiger partial charge in [0.25, 0.3) is 5.69 Å². The molecule has 0 atom stereocenters. The number of hydrogen-bond acceptors (Lipinski definition) is 5. The molecular formula is C24H21N3O4. The van der Waals surface area contributed by atoms with Crippen LogP contribution >= 0.6 is 0 Å². The maximum absolute atomic E-state index is 12.2. The van der Waals surface area contributed by atoms with Gasteiger partial charge in [-0.1, -0.05) is 66.7 Å². The van der Waals surface area contributed by atoms with Crippen LogP contribution in [0.4, 0.5) is 16.2 Å². The minimum atomic E-state index is -0.526. The third-order valence-electron chi connectivity index (χ3n) is 5.27. The summed E-state index contributed by atoms with van der Waals surface area (Å²) >= 11 is 0. The largest absolute Gasteiger partial charge is 0.449 e. The summed E-state index contributed by atoms with van der Waals surface area (Å²) in [4.78, 5) is 22.6. The molecule has 3 aromatic carbocycles. The zero-order valence-corrected chi connectivity index (χ0v) is 16.7. The van der Waals surface area contributed by atoms with Gasteiger partial charge < -0.3 is 15.8 Å². The molecule has 1 aliphatic rings. The fourth-order valence-electron chi connectivity index (χ4n) is 3.81. The van der Waals surface area contributed by atoms with Crippen molar-refractivity contribution in [3.05, 3.63) is 99.6 Å². The van der Waals surface area contributed by atoms with Gasteiger partial charge in [0.2, 0.25) is 0 Å². The van der Waals surface area contributed by atoms with Gasteiger partial charge in [-0.25, -0.2) is 4.79 Å². The zero-order valence-electron chi connectivity index (χ0n) is 16.7. The van der Waals surface area contributed by atoms with Crippen molar-refractivity contribution >= 4 is 23.5 Å². The summed E-state index contributed by atoms with van der Waals surface area (Å²) in [5, 5.41) is 13.6. The molecule has 3 N–H and O–H groups in total. The number of hydrogen-bond donors (Lipinski definition) is 2. The molecule has 0 unspecified atom stereocenters. The van der Waals surface area contributed by atoms with Gasteiger partial charge in [-0.15, -0.1) is 0 Å². The molecule has 0 bridgehead atoms. The number of carbonyl (C=O) groups excluding carboxylic acids is 1. The predicted octanol–water partition coefficient (Wildman–Crippen LogP) is 4.73. The molecule has 0 saturated carbocycles. The van der Waals surface area contributed by atoms with E-state index in [2.05, 4.69) is 29.6 Å². The summed E-state index contributed by atoms with van der Waals surface area (Å²) in [7, 11) is 0. The predicted molar refractivity (Wildman–Crippen MR) is 120 cm³/mol. The van der Waals surface area contributed by atoms with E-state index in [1.54, 1.807) is 18.2 Å². The normalized spacial score (nSPS) is 12.4. The maximum atomic E-state index is 12.2. The number of benzene rings is 3. The van der Waals surface area contributed by atoms with Crippen molar-refractivity contribution < 1.29 is 14.5 Å². The summed E-state index contributed by atoms with van der Waals surface area (Å²) in [6.45, 7) is 0.475. The summed E-state index contributed by atoms with van der Waals surface area (Å²) in [5.41, 5.74) is 10.8. The highest BCUT2D eigenvalue weighted by Gasteiger charge is 2.28. The molecule has 156 valence electrons. The second-order valence-electron chi connectivity index (χ2n) is 7.18. The van der Waals surface area contributed by atoms with Gasteiger partial charge in [0.15, 0.2) is 0 Å². The Hall–Kier alpha value is -4.13. The van der Waals surface area contributed by atoms with E-state index >= 15 is 0 Å². The monoisotopic (exact) mass is 415 g/mol. The smallest absolute Gasteiger partial charge is 0.407 e. The number of nitro groups is 1. The SMILES string of the molecule is Nc1ccc(C=CCNC(=O)OCC2c3ccccc3-c3ccccc32)cc1[N+](=O)[O-]. The van der Waals surface area contributed by atoms with Gasteiger partial charge >= 0.3 is 6.09 Å². The van der Waals surface area contributed by atoms with Crippen LogP contribution in [0.1, 0.15) is 22.6 Å². The molecule has 0 aliphatic heterocycles. The van der Waals surface area contributed by atoms with Crippen LogP contribution in [0.5, 0.6) is 0 Å². The van der Waals surface area contributed by atoms with Crippen LogP contribution in [0.3, 0.4) is 0 Å². The lowest BCUT2D eigenvalue weighted by Gasteiger charge is -2.14. The number of rotatable bonds is 6.